The molecule has 1 rings (SSSR count). The molecule has 0 spiro atoms. The highest BCUT2D eigenvalue weighted by Crippen LogP contribution is 2.14. The van der Waals surface area contributed by atoms with E-state index < -0.39 is 20.8 Å². The first-order valence-corrected chi connectivity index (χ1v) is 7.77. The van der Waals surface area contributed by atoms with Crippen LogP contribution in [0.5, 0.6) is 0 Å². The molecule has 1 saturated heterocycles. The van der Waals surface area contributed by atoms with Crippen molar-refractivity contribution >= 4 is 20.8 Å². The molecule has 0 N–H and O–H groups in total. The molecule has 0 saturated carbocycles. The Labute approximate surface area is 91.3 Å². The van der Waals surface area contributed by atoms with Gasteiger partial charge in [0.05, 0.1) is 18.2 Å². The number of rotatable bonds is 4. The SMILES string of the molecule is CS(=O)(=O)OC1CCN(C[SH](=O)=O)CC1. The fourth-order valence-electron chi connectivity index (χ4n) is 1.56. The molecule has 0 aliphatic carbocycles. The Morgan fingerprint density at radius 3 is 2.27 bits per heavy atom. The lowest BCUT2D eigenvalue weighted by atomic mass is 10.1. The van der Waals surface area contributed by atoms with E-state index in [2.05, 4.69) is 0 Å². The van der Waals surface area contributed by atoms with E-state index >= 15 is 0 Å². The van der Waals surface area contributed by atoms with Gasteiger partial charge in [0.25, 0.3) is 10.1 Å². The highest BCUT2D eigenvalue weighted by Gasteiger charge is 2.22. The van der Waals surface area contributed by atoms with E-state index in [1.807, 2.05) is 0 Å². The summed E-state index contributed by atoms with van der Waals surface area (Å²) in [5.74, 6) is 0.0426. The molecule has 6 nitrogen and oxygen atoms in total. The second-order valence-electron chi connectivity index (χ2n) is 3.59. The summed E-state index contributed by atoms with van der Waals surface area (Å²) in [6, 6.07) is 0. The average Bonchev–Trinajstić information content (AvgIpc) is 2.05. The number of hydrogen-bond donors (Lipinski definition) is 1. The molecule has 0 atom stereocenters. The van der Waals surface area contributed by atoms with Crippen LogP contribution in [0.25, 0.3) is 0 Å². The van der Waals surface area contributed by atoms with Crippen molar-refractivity contribution in [2.45, 2.75) is 18.9 Å². The van der Waals surface area contributed by atoms with E-state index in [-0.39, 0.29) is 12.0 Å². The molecule has 1 fully saturated rings. The Balaban J connectivity index is 2.36. The third kappa shape index (κ3) is 5.45. The summed E-state index contributed by atoms with van der Waals surface area (Å²) in [7, 11) is -5.80. The minimum absolute atomic E-state index is 0.0426. The molecular weight excluding hydrogens is 242 g/mol. The summed E-state index contributed by atoms with van der Waals surface area (Å²) in [6.45, 7) is 1.12. The van der Waals surface area contributed by atoms with Crippen molar-refractivity contribution in [2.75, 3.05) is 25.2 Å². The summed E-state index contributed by atoms with van der Waals surface area (Å²) in [5.41, 5.74) is 0. The van der Waals surface area contributed by atoms with E-state index in [0.29, 0.717) is 25.9 Å². The van der Waals surface area contributed by atoms with Crippen LogP contribution in [0.4, 0.5) is 0 Å². The summed E-state index contributed by atoms with van der Waals surface area (Å²) < 4.78 is 47.4. The van der Waals surface area contributed by atoms with Gasteiger partial charge >= 0.3 is 0 Å². The lowest BCUT2D eigenvalue weighted by Gasteiger charge is -2.29. The second-order valence-corrected chi connectivity index (χ2v) is 6.14. The maximum atomic E-state index is 10.8. The van der Waals surface area contributed by atoms with Gasteiger partial charge in [0.15, 0.2) is 10.7 Å². The molecule has 0 bridgehead atoms. The fraction of sp³-hybridized carbons (Fsp3) is 1.00. The first-order chi connectivity index (χ1) is 6.87. The van der Waals surface area contributed by atoms with Crippen LogP contribution in [0.1, 0.15) is 12.8 Å². The topological polar surface area (TPSA) is 80.8 Å². The first kappa shape index (κ1) is 12.9. The Morgan fingerprint density at radius 2 is 1.87 bits per heavy atom. The predicted octanol–water partition coefficient (Wildman–Crippen LogP) is -1.00. The van der Waals surface area contributed by atoms with Crippen molar-refractivity contribution in [3.8, 4) is 0 Å². The minimum Gasteiger partial charge on any atom is -0.290 e. The van der Waals surface area contributed by atoms with Gasteiger partial charge in [-0.25, -0.2) is 8.42 Å². The third-order valence-corrected chi connectivity index (χ3v) is 3.41. The van der Waals surface area contributed by atoms with Gasteiger partial charge in [0.2, 0.25) is 0 Å². The maximum Gasteiger partial charge on any atom is 0.264 e. The standard InChI is InChI=1S/C7H15NO5S2/c1-15(11,12)13-7-2-4-8(5-3-7)6-14(9)10/h7,14H,2-6H2,1H3. The van der Waals surface area contributed by atoms with Gasteiger partial charge in [-0.3, -0.25) is 9.08 Å². The molecule has 1 aliphatic rings. The van der Waals surface area contributed by atoms with Crippen molar-refractivity contribution in [2.24, 2.45) is 0 Å². The van der Waals surface area contributed by atoms with E-state index in [9.17, 15) is 16.8 Å². The van der Waals surface area contributed by atoms with E-state index in [4.69, 9.17) is 4.18 Å². The quantitative estimate of drug-likeness (QED) is 0.514. The normalized spacial score (nSPS) is 20.9. The highest BCUT2D eigenvalue weighted by atomic mass is 32.2. The highest BCUT2D eigenvalue weighted by molar-refractivity contribution is 7.86. The van der Waals surface area contributed by atoms with Crippen molar-refractivity contribution < 1.29 is 21.0 Å². The molecule has 1 heterocycles. The molecule has 0 amide bonds. The zero-order valence-electron chi connectivity index (χ0n) is 8.46. The number of thiol groups is 1. The number of hydrogen-bond acceptors (Lipinski definition) is 6. The number of nitrogens with zero attached hydrogens (tertiary/aromatic N) is 1. The minimum atomic E-state index is -3.40. The molecule has 0 aromatic carbocycles. The van der Waals surface area contributed by atoms with Gasteiger partial charge in [-0.05, 0) is 12.8 Å². The average molecular weight is 257 g/mol. The van der Waals surface area contributed by atoms with E-state index in [1.54, 1.807) is 4.90 Å². The van der Waals surface area contributed by atoms with Gasteiger partial charge in [0.1, 0.15) is 0 Å². The van der Waals surface area contributed by atoms with Crippen LogP contribution in [-0.4, -0.2) is 53.1 Å². The van der Waals surface area contributed by atoms with Crippen molar-refractivity contribution in [3.63, 3.8) is 0 Å². The zero-order chi connectivity index (χ0) is 11.5. The van der Waals surface area contributed by atoms with Crippen LogP contribution in [-0.2, 0) is 25.0 Å². The Kier molecular flexibility index (Phi) is 4.50. The lowest BCUT2D eigenvalue weighted by Crippen LogP contribution is -2.38. The van der Waals surface area contributed by atoms with Crippen LogP contribution in [0.2, 0.25) is 0 Å². The molecule has 0 aromatic heterocycles. The predicted molar refractivity (Wildman–Crippen MR) is 55.7 cm³/mol. The summed E-state index contributed by atoms with van der Waals surface area (Å²) in [4.78, 5) is 1.77. The molecule has 0 radical (unpaired) electrons. The fourth-order valence-corrected chi connectivity index (χ4v) is 2.85. The molecule has 0 unspecified atom stereocenters. The smallest absolute Gasteiger partial charge is 0.264 e. The third-order valence-electron chi connectivity index (χ3n) is 2.16. The molecule has 0 aromatic rings. The maximum absolute atomic E-state index is 10.8. The van der Waals surface area contributed by atoms with E-state index in [0.717, 1.165) is 6.26 Å². The number of likely N-dealkylation sites (tertiary alicyclic amines) is 1. The van der Waals surface area contributed by atoms with Crippen LogP contribution in [0, 0.1) is 0 Å². The number of piperidine rings is 1. The Bertz CT molecular complexity index is 359. The molecule has 15 heavy (non-hydrogen) atoms. The van der Waals surface area contributed by atoms with Gasteiger partial charge < -0.3 is 0 Å². The van der Waals surface area contributed by atoms with Crippen molar-refractivity contribution in [1.82, 2.24) is 4.90 Å². The summed E-state index contributed by atoms with van der Waals surface area (Å²) in [6.07, 6.45) is 1.82. The van der Waals surface area contributed by atoms with Crippen LogP contribution in [0.15, 0.2) is 0 Å². The zero-order valence-corrected chi connectivity index (χ0v) is 10.2. The Morgan fingerprint density at radius 1 is 1.33 bits per heavy atom. The second kappa shape index (κ2) is 5.24. The largest absolute Gasteiger partial charge is 0.290 e. The van der Waals surface area contributed by atoms with E-state index in [1.165, 1.54) is 0 Å². The van der Waals surface area contributed by atoms with Crippen molar-refractivity contribution in [3.05, 3.63) is 0 Å². The molecule has 8 heteroatoms. The lowest BCUT2D eigenvalue weighted by molar-refractivity contribution is 0.117. The van der Waals surface area contributed by atoms with Gasteiger partial charge in [0, 0.05) is 13.1 Å². The molecule has 90 valence electrons. The summed E-state index contributed by atoms with van der Waals surface area (Å²) >= 11 is 0. The molecule has 1 aliphatic heterocycles. The van der Waals surface area contributed by atoms with Crippen molar-refractivity contribution in [1.29, 1.82) is 0 Å². The summed E-state index contributed by atoms with van der Waals surface area (Å²) in [5, 5.41) is 0. The van der Waals surface area contributed by atoms with Gasteiger partial charge in [-0.2, -0.15) is 8.42 Å². The van der Waals surface area contributed by atoms with Gasteiger partial charge in [-0.15, -0.1) is 0 Å². The van der Waals surface area contributed by atoms with Crippen LogP contribution >= 0.6 is 0 Å². The Hall–Kier alpha value is -0.180. The molecular formula is C7H15NO5S2. The van der Waals surface area contributed by atoms with Gasteiger partial charge in [-0.1, -0.05) is 0 Å². The van der Waals surface area contributed by atoms with Crippen LogP contribution < -0.4 is 0 Å². The van der Waals surface area contributed by atoms with Crippen LogP contribution in [0.3, 0.4) is 0 Å². The monoisotopic (exact) mass is 257 g/mol. The first-order valence-electron chi connectivity index (χ1n) is 4.59.